The molecular weight excluding hydrogens is 356 g/mol. The Balaban J connectivity index is 1.58. The molecule has 0 fully saturated rings. The average Bonchev–Trinajstić information content (AvgIpc) is 2.72. The van der Waals surface area contributed by atoms with Crippen LogP contribution in [-0.4, -0.2) is 24.0 Å². The van der Waals surface area contributed by atoms with Crippen LogP contribution in [0.1, 0.15) is 15.9 Å². The molecule has 0 aliphatic heterocycles. The number of aryl methyl sites for hydroxylation is 1. The van der Waals surface area contributed by atoms with Crippen molar-refractivity contribution in [3.8, 4) is 16.9 Å². The normalized spacial score (nSPS) is 10.3. The molecule has 142 valence electrons. The Morgan fingerprint density at radius 2 is 1.75 bits per heavy atom. The van der Waals surface area contributed by atoms with Gasteiger partial charge in [-0.3, -0.25) is 14.9 Å². The maximum absolute atomic E-state index is 12.3. The minimum absolute atomic E-state index is 0.0325. The molecule has 0 atom stereocenters. The highest BCUT2D eigenvalue weighted by Crippen LogP contribution is 2.29. The molecule has 0 radical (unpaired) electrons. The Bertz CT molecular complexity index is 987. The fourth-order valence-electron chi connectivity index (χ4n) is 2.89. The lowest BCUT2D eigenvalue weighted by molar-refractivity contribution is -0.384. The number of ether oxygens (including phenoxy) is 1. The molecule has 6 heteroatoms. The summed E-state index contributed by atoms with van der Waals surface area (Å²) >= 11 is 0. The number of para-hydroxylation sites is 1. The van der Waals surface area contributed by atoms with Crippen molar-refractivity contribution in [2.24, 2.45) is 0 Å². The van der Waals surface area contributed by atoms with Crippen molar-refractivity contribution in [1.82, 2.24) is 5.32 Å². The van der Waals surface area contributed by atoms with Gasteiger partial charge in [-0.15, -0.1) is 0 Å². The van der Waals surface area contributed by atoms with Crippen LogP contribution in [0.15, 0.2) is 72.8 Å². The van der Waals surface area contributed by atoms with Crippen LogP contribution >= 0.6 is 0 Å². The molecule has 0 aliphatic rings. The number of benzene rings is 3. The van der Waals surface area contributed by atoms with Gasteiger partial charge in [-0.25, -0.2) is 0 Å². The first-order valence-electron chi connectivity index (χ1n) is 8.87. The van der Waals surface area contributed by atoms with Crippen molar-refractivity contribution in [1.29, 1.82) is 0 Å². The van der Waals surface area contributed by atoms with Gasteiger partial charge in [0.2, 0.25) is 0 Å². The van der Waals surface area contributed by atoms with Crippen molar-refractivity contribution >= 4 is 11.6 Å². The number of nitrogens with one attached hydrogen (secondary N) is 1. The number of non-ortho nitro benzene ring substituents is 1. The van der Waals surface area contributed by atoms with E-state index >= 15 is 0 Å². The number of nitro benzene ring substituents is 1. The molecule has 1 N–H and O–H groups in total. The van der Waals surface area contributed by atoms with Gasteiger partial charge < -0.3 is 10.1 Å². The molecular formula is C22H20N2O4. The molecule has 0 aromatic heterocycles. The van der Waals surface area contributed by atoms with E-state index in [1.807, 2.05) is 54.6 Å². The Labute approximate surface area is 162 Å². The van der Waals surface area contributed by atoms with Crippen molar-refractivity contribution in [2.75, 3.05) is 13.2 Å². The zero-order chi connectivity index (χ0) is 19.9. The number of nitro groups is 1. The summed E-state index contributed by atoms with van der Waals surface area (Å²) in [6.07, 6.45) is 0. The fraction of sp³-hybridized carbons (Fsp3) is 0.136. The lowest BCUT2D eigenvalue weighted by atomic mass is 10.1. The molecule has 0 bridgehead atoms. The third-order valence-electron chi connectivity index (χ3n) is 4.28. The van der Waals surface area contributed by atoms with E-state index in [0.29, 0.717) is 24.3 Å². The number of amides is 1. The molecule has 0 saturated carbocycles. The minimum Gasteiger partial charge on any atom is -0.491 e. The van der Waals surface area contributed by atoms with Crippen LogP contribution in [0.2, 0.25) is 0 Å². The number of rotatable bonds is 7. The number of hydrogen-bond donors (Lipinski definition) is 1. The summed E-state index contributed by atoms with van der Waals surface area (Å²) in [5.41, 5.74) is 2.98. The van der Waals surface area contributed by atoms with Crippen LogP contribution in [0.5, 0.6) is 5.75 Å². The SMILES string of the molecule is Cc1cc([N+](=O)[O-])ccc1C(=O)NCCOc1ccccc1-c1ccccc1. The van der Waals surface area contributed by atoms with Crippen LogP contribution in [0.4, 0.5) is 5.69 Å². The first kappa shape index (κ1) is 19.1. The molecule has 0 aliphatic carbocycles. The van der Waals surface area contributed by atoms with Gasteiger partial charge in [0.1, 0.15) is 12.4 Å². The lowest BCUT2D eigenvalue weighted by Crippen LogP contribution is -2.28. The van der Waals surface area contributed by atoms with Gasteiger partial charge in [0.25, 0.3) is 11.6 Å². The van der Waals surface area contributed by atoms with Crippen LogP contribution in [0.3, 0.4) is 0 Å². The Kier molecular flexibility index (Phi) is 6.01. The standard InChI is InChI=1S/C22H20N2O4/c1-16-15-18(24(26)27)11-12-19(16)22(25)23-13-14-28-21-10-6-5-9-20(21)17-7-3-2-4-8-17/h2-12,15H,13-14H2,1H3,(H,23,25). The second-order valence-electron chi connectivity index (χ2n) is 6.22. The largest absolute Gasteiger partial charge is 0.491 e. The van der Waals surface area contributed by atoms with E-state index < -0.39 is 4.92 Å². The molecule has 6 nitrogen and oxygen atoms in total. The fourth-order valence-corrected chi connectivity index (χ4v) is 2.89. The van der Waals surface area contributed by atoms with E-state index in [2.05, 4.69) is 5.32 Å². The number of hydrogen-bond acceptors (Lipinski definition) is 4. The molecule has 3 rings (SSSR count). The Morgan fingerprint density at radius 1 is 1.04 bits per heavy atom. The van der Waals surface area contributed by atoms with Crippen LogP contribution in [-0.2, 0) is 0 Å². The zero-order valence-corrected chi connectivity index (χ0v) is 15.4. The molecule has 0 unspecified atom stereocenters. The Morgan fingerprint density at radius 3 is 2.46 bits per heavy atom. The molecule has 3 aromatic carbocycles. The second kappa shape index (κ2) is 8.81. The van der Waals surface area contributed by atoms with E-state index in [4.69, 9.17) is 4.74 Å². The predicted molar refractivity (Wildman–Crippen MR) is 108 cm³/mol. The summed E-state index contributed by atoms with van der Waals surface area (Å²) in [5, 5.41) is 13.6. The maximum atomic E-state index is 12.3. The monoisotopic (exact) mass is 376 g/mol. The predicted octanol–water partition coefficient (Wildman–Crippen LogP) is 4.38. The minimum atomic E-state index is -0.479. The summed E-state index contributed by atoms with van der Waals surface area (Å²) < 4.78 is 5.85. The third kappa shape index (κ3) is 4.54. The topological polar surface area (TPSA) is 81.5 Å². The van der Waals surface area contributed by atoms with Crippen molar-refractivity contribution in [2.45, 2.75) is 6.92 Å². The quantitative estimate of drug-likeness (QED) is 0.377. The summed E-state index contributed by atoms with van der Waals surface area (Å²) in [4.78, 5) is 22.6. The van der Waals surface area contributed by atoms with Crippen molar-refractivity contribution in [3.05, 3.63) is 94.0 Å². The van der Waals surface area contributed by atoms with Crippen molar-refractivity contribution < 1.29 is 14.5 Å². The highest BCUT2D eigenvalue weighted by atomic mass is 16.6. The van der Waals surface area contributed by atoms with Crippen molar-refractivity contribution in [3.63, 3.8) is 0 Å². The summed E-state index contributed by atoms with van der Waals surface area (Å²) in [6, 6.07) is 21.9. The maximum Gasteiger partial charge on any atom is 0.269 e. The van der Waals surface area contributed by atoms with Gasteiger partial charge in [0.15, 0.2) is 0 Å². The summed E-state index contributed by atoms with van der Waals surface area (Å²) in [6.45, 7) is 2.30. The molecule has 0 saturated heterocycles. The molecule has 3 aromatic rings. The lowest BCUT2D eigenvalue weighted by Gasteiger charge is -2.12. The van der Waals surface area contributed by atoms with Crippen LogP contribution < -0.4 is 10.1 Å². The third-order valence-corrected chi connectivity index (χ3v) is 4.28. The zero-order valence-electron chi connectivity index (χ0n) is 15.4. The van der Waals surface area contributed by atoms with E-state index in [9.17, 15) is 14.9 Å². The number of carbonyl (C=O) groups is 1. The van der Waals surface area contributed by atoms with Gasteiger partial charge in [0, 0.05) is 23.3 Å². The van der Waals surface area contributed by atoms with Gasteiger partial charge in [0.05, 0.1) is 11.5 Å². The van der Waals surface area contributed by atoms with E-state index in [1.165, 1.54) is 18.2 Å². The number of carbonyl (C=O) groups excluding carboxylic acids is 1. The average molecular weight is 376 g/mol. The smallest absolute Gasteiger partial charge is 0.269 e. The van der Waals surface area contributed by atoms with E-state index in [0.717, 1.165) is 16.9 Å². The molecule has 0 heterocycles. The Hall–Kier alpha value is -3.67. The molecule has 1 amide bonds. The second-order valence-corrected chi connectivity index (χ2v) is 6.22. The van der Waals surface area contributed by atoms with Crippen LogP contribution in [0.25, 0.3) is 11.1 Å². The van der Waals surface area contributed by atoms with Gasteiger partial charge in [-0.05, 0) is 30.2 Å². The summed E-state index contributed by atoms with van der Waals surface area (Å²) in [5.74, 6) is 0.460. The van der Waals surface area contributed by atoms with Gasteiger partial charge in [-0.1, -0.05) is 48.5 Å². The summed E-state index contributed by atoms with van der Waals surface area (Å²) in [7, 11) is 0. The van der Waals surface area contributed by atoms with Gasteiger partial charge >= 0.3 is 0 Å². The highest BCUT2D eigenvalue weighted by Gasteiger charge is 2.13. The first-order valence-corrected chi connectivity index (χ1v) is 8.87. The van der Waals surface area contributed by atoms with Crippen LogP contribution in [0, 0.1) is 17.0 Å². The number of nitrogens with zero attached hydrogens (tertiary/aromatic N) is 1. The highest BCUT2D eigenvalue weighted by molar-refractivity contribution is 5.95. The van der Waals surface area contributed by atoms with E-state index in [1.54, 1.807) is 6.92 Å². The van der Waals surface area contributed by atoms with E-state index in [-0.39, 0.29) is 11.6 Å². The molecule has 0 spiro atoms. The van der Waals surface area contributed by atoms with Gasteiger partial charge in [-0.2, -0.15) is 0 Å². The molecule has 28 heavy (non-hydrogen) atoms. The first-order chi connectivity index (χ1) is 13.6.